The largest absolute Gasteiger partial charge is 0.338 e. The van der Waals surface area contributed by atoms with Crippen molar-refractivity contribution in [2.45, 2.75) is 57.9 Å². The zero-order valence-electron chi connectivity index (χ0n) is 11.1. The Morgan fingerprint density at radius 2 is 2.12 bits per heavy atom. The number of nitrogens with zero attached hydrogens (tertiary/aromatic N) is 1. The van der Waals surface area contributed by atoms with Gasteiger partial charge in [0, 0.05) is 19.1 Å². The Bertz CT molecular complexity index is 234. The Labute approximate surface area is 105 Å². The van der Waals surface area contributed by atoms with Crippen molar-refractivity contribution < 1.29 is 4.79 Å². The van der Waals surface area contributed by atoms with E-state index in [1.165, 1.54) is 19.3 Å². The van der Waals surface area contributed by atoms with Gasteiger partial charge < -0.3 is 10.2 Å². The Hall–Kier alpha value is -0.990. The van der Waals surface area contributed by atoms with Crippen molar-refractivity contribution in [3.63, 3.8) is 0 Å². The molecule has 0 aromatic carbocycles. The zero-order valence-corrected chi connectivity index (χ0v) is 11.1. The van der Waals surface area contributed by atoms with Gasteiger partial charge in [-0.1, -0.05) is 38.7 Å². The Kier molecular flexibility index (Phi) is 6.75. The first-order valence-corrected chi connectivity index (χ1v) is 6.95. The normalized spacial score (nSPS) is 16.5. The molecule has 3 heteroatoms. The second-order valence-corrected chi connectivity index (χ2v) is 4.82. The predicted octanol–water partition coefficient (Wildman–Crippen LogP) is 3.32. The van der Waals surface area contributed by atoms with Gasteiger partial charge in [0.1, 0.15) is 0 Å². The summed E-state index contributed by atoms with van der Waals surface area (Å²) in [5.41, 5.74) is 0. The van der Waals surface area contributed by atoms with Crippen LogP contribution in [0.1, 0.15) is 51.9 Å². The lowest BCUT2D eigenvalue weighted by molar-refractivity contribution is 0.164. The maximum atomic E-state index is 12.1. The molecule has 17 heavy (non-hydrogen) atoms. The minimum absolute atomic E-state index is 0.0882. The van der Waals surface area contributed by atoms with E-state index in [2.05, 4.69) is 18.8 Å². The molecular formula is C14H26N2O. The number of hydrogen-bond acceptors (Lipinski definition) is 1. The monoisotopic (exact) mass is 238 g/mol. The molecule has 3 nitrogen and oxygen atoms in total. The van der Waals surface area contributed by atoms with E-state index in [0.717, 1.165) is 32.2 Å². The van der Waals surface area contributed by atoms with E-state index in [4.69, 9.17) is 0 Å². The number of rotatable bonds is 6. The lowest BCUT2D eigenvalue weighted by Gasteiger charge is -2.33. The highest BCUT2D eigenvalue weighted by Crippen LogP contribution is 2.22. The summed E-state index contributed by atoms with van der Waals surface area (Å²) in [5, 5.41) is 3.00. The van der Waals surface area contributed by atoms with Crippen LogP contribution in [0.15, 0.2) is 12.7 Å². The van der Waals surface area contributed by atoms with Crippen LogP contribution in [0.25, 0.3) is 0 Å². The molecule has 0 aromatic heterocycles. The topological polar surface area (TPSA) is 32.3 Å². The zero-order chi connectivity index (χ0) is 12.5. The molecule has 0 aromatic rings. The average molecular weight is 238 g/mol. The van der Waals surface area contributed by atoms with Crippen LogP contribution in [-0.2, 0) is 0 Å². The van der Waals surface area contributed by atoms with Gasteiger partial charge in [0.05, 0.1) is 0 Å². The molecule has 1 saturated carbocycles. The standard InChI is InChI=1S/C14H26N2O/c1-3-5-11-15-14(17)16(12-4-2)13-9-7-6-8-10-13/h4,13H,2-3,5-12H2,1H3,(H,15,17). The van der Waals surface area contributed by atoms with Crippen molar-refractivity contribution in [3.8, 4) is 0 Å². The summed E-state index contributed by atoms with van der Waals surface area (Å²) in [5.74, 6) is 0. The molecule has 0 atom stereocenters. The van der Waals surface area contributed by atoms with Crippen LogP contribution < -0.4 is 5.32 Å². The molecule has 0 bridgehead atoms. The summed E-state index contributed by atoms with van der Waals surface area (Å²) >= 11 is 0. The molecule has 1 aliphatic rings. The van der Waals surface area contributed by atoms with Crippen molar-refractivity contribution >= 4 is 6.03 Å². The van der Waals surface area contributed by atoms with Gasteiger partial charge in [-0.3, -0.25) is 0 Å². The fourth-order valence-corrected chi connectivity index (χ4v) is 2.40. The summed E-state index contributed by atoms with van der Waals surface area (Å²) in [6, 6.07) is 0.508. The predicted molar refractivity (Wildman–Crippen MR) is 72.1 cm³/mol. The van der Waals surface area contributed by atoms with Gasteiger partial charge in [-0.2, -0.15) is 0 Å². The second kappa shape index (κ2) is 8.15. The van der Waals surface area contributed by atoms with Gasteiger partial charge in [-0.25, -0.2) is 4.79 Å². The third-order valence-electron chi connectivity index (χ3n) is 3.41. The number of nitrogens with one attached hydrogen (secondary N) is 1. The van der Waals surface area contributed by atoms with Crippen molar-refractivity contribution in [2.24, 2.45) is 0 Å². The minimum atomic E-state index is 0.0882. The van der Waals surface area contributed by atoms with Crippen LogP contribution in [0.2, 0.25) is 0 Å². The fourth-order valence-electron chi connectivity index (χ4n) is 2.40. The molecule has 0 saturated heterocycles. The van der Waals surface area contributed by atoms with Gasteiger partial charge in [0.2, 0.25) is 0 Å². The molecule has 1 N–H and O–H groups in total. The molecule has 1 fully saturated rings. The van der Waals surface area contributed by atoms with Crippen LogP contribution in [0, 0.1) is 0 Å². The summed E-state index contributed by atoms with van der Waals surface area (Å²) in [7, 11) is 0. The van der Waals surface area contributed by atoms with Crippen molar-refractivity contribution in [3.05, 3.63) is 12.7 Å². The van der Waals surface area contributed by atoms with E-state index >= 15 is 0 Å². The summed E-state index contributed by atoms with van der Waals surface area (Å²) < 4.78 is 0. The van der Waals surface area contributed by atoms with Crippen LogP contribution in [0.3, 0.4) is 0 Å². The molecule has 0 radical (unpaired) electrons. The number of amides is 2. The van der Waals surface area contributed by atoms with Crippen LogP contribution in [0.4, 0.5) is 4.79 Å². The summed E-state index contributed by atoms with van der Waals surface area (Å²) in [6.45, 7) is 7.34. The molecule has 1 aliphatic carbocycles. The molecule has 1 rings (SSSR count). The van der Waals surface area contributed by atoms with Crippen LogP contribution in [-0.4, -0.2) is 30.1 Å². The maximum absolute atomic E-state index is 12.1. The maximum Gasteiger partial charge on any atom is 0.317 e. The van der Waals surface area contributed by atoms with E-state index in [1.54, 1.807) is 0 Å². The minimum Gasteiger partial charge on any atom is -0.338 e. The van der Waals surface area contributed by atoms with Crippen molar-refractivity contribution in [1.29, 1.82) is 0 Å². The molecule has 0 spiro atoms. The first-order valence-electron chi connectivity index (χ1n) is 6.95. The SMILES string of the molecule is C=CCN(C(=O)NCCCC)C1CCCCC1. The number of carbonyl (C=O) groups excluding carboxylic acids is 1. The molecule has 2 amide bonds. The molecule has 0 aliphatic heterocycles. The smallest absolute Gasteiger partial charge is 0.317 e. The summed E-state index contributed by atoms with van der Waals surface area (Å²) in [4.78, 5) is 14.0. The van der Waals surface area contributed by atoms with E-state index in [9.17, 15) is 4.79 Å². The van der Waals surface area contributed by atoms with Gasteiger partial charge in [0.25, 0.3) is 0 Å². The lowest BCUT2D eigenvalue weighted by Crippen LogP contribution is -2.47. The highest BCUT2D eigenvalue weighted by molar-refractivity contribution is 5.74. The second-order valence-electron chi connectivity index (χ2n) is 4.82. The van der Waals surface area contributed by atoms with Crippen LogP contribution in [0.5, 0.6) is 0 Å². The van der Waals surface area contributed by atoms with Crippen molar-refractivity contribution in [2.75, 3.05) is 13.1 Å². The number of carbonyl (C=O) groups is 1. The third kappa shape index (κ3) is 4.80. The van der Waals surface area contributed by atoms with E-state index in [0.29, 0.717) is 12.6 Å². The first kappa shape index (κ1) is 14.1. The Morgan fingerprint density at radius 3 is 2.71 bits per heavy atom. The van der Waals surface area contributed by atoms with E-state index in [1.807, 2.05) is 11.0 Å². The highest BCUT2D eigenvalue weighted by atomic mass is 16.2. The average Bonchev–Trinajstić information content (AvgIpc) is 2.37. The Balaban J connectivity index is 2.44. The van der Waals surface area contributed by atoms with Crippen LogP contribution >= 0.6 is 0 Å². The highest BCUT2D eigenvalue weighted by Gasteiger charge is 2.23. The number of urea groups is 1. The number of unbranched alkanes of at least 4 members (excludes halogenated alkanes) is 1. The quantitative estimate of drug-likeness (QED) is 0.559. The molecule has 98 valence electrons. The lowest BCUT2D eigenvalue weighted by atomic mass is 9.94. The van der Waals surface area contributed by atoms with Gasteiger partial charge in [-0.05, 0) is 19.3 Å². The molecular weight excluding hydrogens is 212 g/mol. The van der Waals surface area contributed by atoms with E-state index in [-0.39, 0.29) is 6.03 Å². The molecule has 0 unspecified atom stereocenters. The third-order valence-corrected chi connectivity index (χ3v) is 3.41. The fraction of sp³-hybridized carbons (Fsp3) is 0.786. The first-order chi connectivity index (χ1) is 8.29. The van der Waals surface area contributed by atoms with Crippen molar-refractivity contribution in [1.82, 2.24) is 10.2 Å². The van der Waals surface area contributed by atoms with Gasteiger partial charge in [-0.15, -0.1) is 6.58 Å². The van der Waals surface area contributed by atoms with Gasteiger partial charge >= 0.3 is 6.03 Å². The van der Waals surface area contributed by atoms with E-state index < -0.39 is 0 Å². The van der Waals surface area contributed by atoms with Gasteiger partial charge in [0.15, 0.2) is 0 Å². The molecule has 0 heterocycles. The Morgan fingerprint density at radius 1 is 1.41 bits per heavy atom. The number of hydrogen-bond donors (Lipinski definition) is 1. The summed E-state index contributed by atoms with van der Waals surface area (Å²) in [6.07, 6.45) is 10.1.